The van der Waals surface area contributed by atoms with Crippen LogP contribution in [-0.4, -0.2) is 45.7 Å². The van der Waals surface area contributed by atoms with Crippen LogP contribution in [0, 0.1) is 5.92 Å². The lowest BCUT2D eigenvalue weighted by atomic mass is 10.1. The van der Waals surface area contributed by atoms with E-state index in [0.29, 0.717) is 0 Å². The van der Waals surface area contributed by atoms with Crippen LogP contribution < -0.4 is 0 Å². The van der Waals surface area contributed by atoms with Gasteiger partial charge < -0.3 is 10.2 Å². The molecule has 1 aliphatic rings. The Kier molecular flexibility index (Phi) is 3.23. The van der Waals surface area contributed by atoms with Gasteiger partial charge in [0.2, 0.25) is 11.8 Å². The number of likely N-dealkylation sites (tertiary alicyclic amines) is 1. The topological polar surface area (TPSA) is 77.8 Å². The minimum absolute atomic E-state index is 0.169. The highest BCUT2D eigenvalue weighted by molar-refractivity contribution is 6.03. The van der Waals surface area contributed by atoms with E-state index in [9.17, 15) is 14.7 Å². The summed E-state index contributed by atoms with van der Waals surface area (Å²) in [5, 5.41) is 18.3. The zero-order chi connectivity index (χ0) is 10.9. The van der Waals surface area contributed by atoms with Crippen LogP contribution in [0.2, 0.25) is 0 Å². The molecule has 14 heavy (non-hydrogen) atoms. The van der Waals surface area contributed by atoms with E-state index >= 15 is 0 Å². The predicted molar refractivity (Wildman–Crippen MR) is 48.2 cm³/mol. The number of rotatable bonds is 3. The maximum absolute atomic E-state index is 11.5. The highest BCUT2D eigenvalue weighted by Crippen LogP contribution is 2.22. The molecular formula is C9H15NO4. The van der Waals surface area contributed by atoms with Crippen LogP contribution in [0.25, 0.3) is 0 Å². The number of aliphatic hydroxyl groups excluding tert-OH is 2. The first-order chi connectivity index (χ1) is 6.49. The normalized spacial score (nSPS) is 26.9. The maximum Gasteiger partial charge on any atom is 0.232 e. The lowest BCUT2D eigenvalue weighted by Gasteiger charge is -2.26. The number of nitrogens with zero attached hydrogens (tertiary/aromatic N) is 1. The number of imide groups is 1. The van der Waals surface area contributed by atoms with E-state index in [1.54, 1.807) is 6.92 Å². The van der Waals surface area contributed by atoms with Gasteiger partial charge in [-0.15, -0.1) is 0 Å². The Morgan fingerprint density at radius 3 is 2.43 bits per heavy atom. The standard InChI is InChI=1S/C9H15NO4/c1-5-3-8(13)10(9(5)14)7(4-11)6(2)12/h5-7,11-12H,3-4H2,1-2H3/t5?,6-,7-/m1/s1. The van der Waals surface area contributed by atoms with E-state index in [1.165, 1.54) is 6.92 Å². The van der Waals surface area contributed by atoms with Gasteiger partial charge >= 0.3 is 0 Å². The minimum atomic E-state index is -0.904. The van der Waals surface area contributed by atoms with Gasteiger partial charge in [0.05, 0.1) is 18.8 Å². The number of hydrogen-bond donors (Lipinski definition) is 2. The molecule has 5 nitrogen and oxygen atoms in total. The molecule has 0 saturated carbocycles. The Morgan fingerprint density at radius 1 is 1.57 bits per heavy atom. The molecule has 2 amide bonds. The molecule has 1 aliphatic heterocycles. The van der Waals surface area contributed by atoms with Gasteiger partial charge in [0.15, 0.2) is 0 Å². The van der Waals surface area contributed by atoms with Crippen molar-refractivity contribution in [2.75, 3.05) is 6.61 Å². The van der Waals surface area contributed by atoms with Crippen molar-refractivity contribution >= 4 is 11.8 Å². The molecule has 0 spiro atoms. The first-order valence-corrected chi connectivity index (χ1v) is 4.63. The second-order valence-corrected chi connectivity index (χ2v) is 3.70. The Morgan fingerprint density at radius 2 is 2.14 bits per heavy atom. The SMILES string of the molecule is CC1CC(=O)N([C@H](CO)[C@@H](C)O)C1=O. The number of hydrogen-bond acceptors (Lipinski definition) is 4. The van der Waals surface area contributed by atoms with E-state index in [2.05, 4.69) is 0 Å². The second-order valence-electron chi connectivity index (χ2n) is 3.70. The molecule has 5 heteroatoms. The molecule has 2 N–H and O–H groups in total. The largest absolute Gasteiger partial charge is 0.394 e. The molecular weight excluding hydrogens is 186 g/mol. The summed E-state index contributed by atoms with van der Waals surface area (Å²) in [6, 6.07) is -0.806. The average Bonchev–Trinajstić information content (AvgIpc) is 2.32. The number of amides is 2. The molecule has 0 bridgehead atoms. The van der Waals surface area contributed by atoms with Crippen LogP contribution in [-0.2, 0) is 9.59 Å². The van der Waals surface area contributed by atoms with Crippen LogP contribution in [0.15, 0.2) is 0 Å². The van der Waals surface area contributed by atoms with Crippen molar-refractivity contribution in [3.05, 3.63) is 0 Å². The van der Waals surface area contributed by atoms with E-state index in [4.69, 9.17) is 5.11 Å². The van der Waals surface area contributed by atoms with Crippen LogP contribution in [0.5, 0.6) is 0 Å². The molecule has 0 aromatic rings. The molecule has 1 saturated heterocycles. The average molecular weight is 201 g/mol. The molecule has 0 aliphatic carbocycles. The summed E-state index contributed by atoms with van der Waals surface area (Å²) in [7, 11) is 0. The highest BCUT2D eigenvalue weighted by Gasteiger charge is 2.41. The number of carbonyl (C=O) groups excluding carboxylic acids is 2. The van der Waals surface area contributed by atoms with Gasteiger partial charge in [-0.05, 0) is 6.92 Å². The van der Waals surface area contributed by atoms with Crippen molar-refractivity contribution in [2.24, 2.45) is 5.92 Å². The third-order valence-electron chi connectivity index (χ3n) is 2.48. The van der Waals surface area contributed by atoms with Gasteiger partial charge in [0, 0.05) is 12.3 Å². The third kappa shape index (κ3) is 1.78. The molecule has 1 unspecified atom stereocenters. The summed E-state index contributed by atoms with van der Waals surface area (Å²) in [4.78, 5) is 23.9. The zero-order valence-corrected chi connectivity index (χ0v) is 8.30. The predicted octanol–water partition coefficient (Wildman–Crippen LogP) is -0.877. The molecule has 1 heterocycles. The third-order valence-corrected chi connectivity index (χ3v) is 2.48. The fourth-order valence-electron chi connectivity index (χ4n) is 1.61. The molecule has 0 radical (unpaired) electrons. The van der Waals surface area contributed by atoms with Gasteiger partial charge in [-0.3, -0.25) is 14.5 Å². The monoisotopic (exact) mass is 201 g/mol. The second kappa shape index (κ2) is 4.06. The Labute approximate surface area is 82.3 Å². The Balaban J connectivity index is 2.85. The highest BCUT2D eigenvalue weighted by atomic mass is 16.3. The number of aliphatic hydroxyl groups is 2. The summed E-state index contributed by atoms with van der Waals surface area (Å²) in [5.74, 6) is -0.965. The van der Waals surface area contributed by atoms with Gasteiger partial charge in [0.25, 0.3) is 0 Å². The summed E-state index contributed by atoms with van der Waals surface area (Å²) in [6.45, 7) is 2.71. The fourth-order valence-corrected chi connectivity index (χ4v) is 1.61. The van der Waals surface area contributed by atoms with Crippen molar-refractivity contribution in [1.29, 1.82) is 0 Å². The smallest absolute Gasteiger partial charge is 0.232 e. The summed E-state index contributed by atoms with van der Waals surface area (Å²) in [5.41, 5.74) is 0. The molecule has 0 aromatic heterocycles. The van der Waals surface area contributed by atoms with Crippen LogP contribution >= 0.6 is 0 Å². The lowest BCUT2D eigenvalue weighted by molar-refractivity contribution is -0.146. The Bertz CT molecular complexity index is 251. The molecule has 1 fully saturated rings. The summed E-state index contributed by atoms with van der Waals surface area (Å²) >= 11 is 0. The minimum Gasteiger partial charge on any atom is -0.394 e. The van der Waals surface area contributed by atoms with Crippen LogP contribution in [0.3, 0.4) is 0 Å². The van der Waals surface area contributed by atoms with Crippen molar-refractivity contribution < 1.29 is 19.8 Å². The van der Waals surface area contributed by atoms with Gasteiger partial charge in [-0.25, -0.2) is 0 Å². The van der Waals surface area contributed by atoms with Crippen LogP contribution in [0.4, 0.5) is 0 Å². The van der Waals surface area contributed by atoms with Crippen molar-refractivity contribution in [3.8, 4) is 0 Å². The quantitative estimate of drug-likeness (QED) is 0.581. The van der Waals surface area contributed by atoms with Crippen molar-refractivity contribution in [2.45, 2.75) is 32.4 Å². The van der Waals surface area contributed by atoms with E-state index in [0.717, 1.165) is 4.90 Å². The van der Waals surface area contributed by atoms with E-state index in [-0.39, 0.29) is 24.2 Å². The van der Waals surface area contributed by atoms with Gasteiger partial charge in [0.1, 0.15) is 0 Å². The van der Waals surface area contributed by atoms with Crippen molar-refractivity contribution in [3.63, 3.8) is 0 Å². The van der Waals surface area contributed by atoms with E-state index in [1.807, 2.05) is 0 Å². The Hall–Kier alpha value is -0.940. The summed E-state index contributed by atoms with van der Waals surface area (Å²) < 4.78 is 0. The molecule has 0 aromatic carbocycles. The van der Waals surface area contributed by atoms with Gasteiger partial charge in [-0.1, -0.05) is 6.92 Å². The zero-order valence-electron chi connectivity index (χ0n) is 8.30. The van der Waals surface area contributed by atoms with Gasteiger partial charge in [-0.2, -0.15) is 0 Å². The fraction of sp³-hybridized carbons (Fsp3) is 0.778. The molecule has 3 atom stereocenters. The van der Waals surface area contributed by atoms with E-state index < -0.39 is 18.8 Å². The number of carbonyl (C=O) groups is 2. The summed E-state index contributed by atoms with van der Waals surface area (Å²) in [6.07, 6.45) is -0.736. The first kappa shape index (κ1) is 11.1. The molecule has 1 rings (SSSR count). The van der Waals surface area contributed by atoms with Crippen molar-refractivity contribution in [1.82, 2.24) is 4.90 Å². The molecule has 80 valence electrons. The lowest BCUT2D eigenvalue weighted by Crippen LogP contribution is -2.48. The van der Waals surface area contributed by atoms with Crippen LogP contribution in [0.1, 0.15) is 20.3 Å². The maximum atomic E-state index is 11.5. The first-order valence-electron chi connectivity index (χ1n) is 4.63.